The first-order chi connectivity index (χ1) is 9.20. The van der Waals surface area contributed by atoms with Gasteiger partial charge in [-0.15, -0.1) is 0 Å². The first-order valence-corrected chi connectivity index (χ1v) is 7.13. The normalized spacial score (nSPS) is 16.9. The Balaban J connectivity index is 1.98. The number of hydrogen-bond acceptors (Lipinski definition) is 3. The summed E-state index contributed by atoms with van der Waals surface area (Å²) >= 11 is 0. The summed E-state index contributed by atoms with van der Waals surface area (Å²) in [6.45, 7) is 5.23. The lowest BCUT2D eigenvalue weighted by Gasteiger charge is -2.31. The number of aliphatic hydroxyl groups is 1. The highest BCUT2D eigenvalue weighted by Crippen LogP contribution is 2.24. The van der Waals surface area contributed by atoms with Gasteiger partial charge in [-0.25, -0.2) is 4.39 Å². The lowest BCUT2D eigenvalue weighted by Crippen LogP contribution is -2.36. The number of benzene rings is 1. The van der Waals surface area contributed by atoms with Crippen molar-refractivity contribution in [3.05, 3.63) is 29.6 Å². The molecular weight excluding hydrogens is 243 g/mol. The van der Waals surface area contributed by atoms with Crippen molar-refractivity contribution < 1.29 is 9.50 Å². The molecule has 2 N–H and O–H groups in total. The molecule has 1 fully saturated rings. The van der Waals surface area contributed by atoms with E-state index in [9.17, 15) is 9.50 Å². The zero-order chi connectivity index (χ0) is 13.7. The third-order valence-corrected chi connectivity index (χ3v) is 3.57. The summed E-state index contributed by atoms with van der Waals surface area (Å²) in [6, 6.07) is 5.45. The van der Waals surface area contributed by atoms with E-state index in [4.69, 9.17) is 0 Å². The molecule has 1 heterocycles. The third-order valence-electron chi connectivity index (χ3n) is 3.57. The quantitative estimate of drug-likeness (QED) is 0.803. The van der Waals surface area contributed by atoms with E-state index in [0.29, 0.717) is 12.2 Å². The molecule has 19 heavy (non-hydrogen) atoms. The van der Waals surface area contributed by atoms with Gasteiger partial charge in [0, 0.05) is 19.6 Å². The van der Waals surface area contributed by atoms with Crippen molar-refractivity contribution in [3.63, 3.8) is 0 Å². The van der Waals surface area contributed by atoms with E-state index >= 15 is 0 Å². The molecule has 0 atom stereocenters. The SMILES string of the molecule is CCCNCc1ccc(N2CCC(O)CC2)c(F)c1. The molecule has 1 aliphatic heterocycles. The molecule has 1 aliphatic rings. The van der Waals surface area contributed by atoms with Gasteiger partial charge in [0.2, 0.25) is 0 Å². The zero-order valence-electron chi connectivity index (χ0n) is 11.5. The van der Waals surface area contributed by atoms with Gasteiger partial charge in [0.15, 0.2) is 0 Å². The summed E-state index contributed by atoms with van der Waals surface area (Å²) in [5, 5.41) is 12.7. The number of aliphatic hydroxyl groups excluding tert-OH is 1. The second-order valence-corrected chi connectivity index (χ2v) is 5.18. The van der Waals surface area contributed by atoms with Crippen molar-refractivity contribution in [1.29, 1.82) is 0 Å². The van der Waals surface area contributed by atoms with Crippen LogP contribution in [0.3, 0.4) is 0 Å². The van der Waals surface area contributed by atoms with Gasteiger partial charge in [0.25, 0.3) is 0 Å². The predicted octanol–water partition coefficient (Wildman–Crippen LogP) is 2.29. The molecule has 0 amide bonds. The maximum atomic E-state index is 14.1. The first kappa shape index (κ1) is 14.3. The van der Waals surface area contributed by atoms with Crippen LogP contribution in [0.5, 0.6) is 0 Å². The van der Waals surface area contributed by atoms with Crippen molar-refractivity contribution >= 4 is 5.69 Å². The van der Waals surface area contributed by atoms with Crippen LogP contribution in [0.25, 0.3) is 0 Å². The number of piperidine rings is 1. The van der Waals surface area contributed by atoms with Gasteiger partial charge in [-0.1, -0.05) is 13.0 Å². The van der Waals surface area contributed by atoms with Gasteiger partial charge in [0.1, 0.15) is 5.82 Å². The smallest absolute Gasteiger partial charge is 0.146 e. The van der Waals surface area contributed by atoms with Crippen LogP contribution in [0.4, 0.5) is 10.1 Å². The van der Waals surface area contributed by atoms with E-state index in [-0.39, 0.29) is 11.9 Å². The van der Waals surface area contributed by atoms with Crippen LogP contribution in [0.1, 0.15) is 31.7 Å². The van der Waals surface area contributed by atoms with Gasteiger partial charge in [0.05, 0.1) is 11.8 Å². The highest BCUT2D eigenvalue weighted by atomic mass is 19.1. The number of nitrogens with one attached hydrogen (secondary N) is 1. The first-order valence-electron chi connectivity index (χ1n) is 7.13. The molecule has 2 rings (SSSR count). The largest absolute Gasteiger partial charge is 0.393 e. The fourth-order valence-electron chi connectivity index (χ4n) is 2.43. The van der Waals surface area contributed by atoms with Gasteiger partial charge < -0.3 is 15.3 Å². The Hall–Kier alpha value is -1.13. The molecule has 1 saturated heterocycles. The van der Waals surface area contributed by atoms with Crippen LogP contribution in [-0.2, 0) is 6.54 Å². The van der Waals surface area contributed by atoms with Crippen LogP contribution in [-0.4, -0.2) is 30.8 Å². The average molecular weight is 266 g/mol. The Labute approximate surface area is 114 Å². The molecule has 0 saturated carbocycles. The van der Waals surface area contributed by atoms with Gasteiger partial charge in [-0.3, -0.25) is 0 Å². The second-order valence-electron chi connectivity index (χ2n) is 5.18. The highest BCUT2D eigenvalue weighted by Gasteiger charge is 2.19. The molecule has 0 aliphatic carbocycles. The Kier molecular flexibility index (Phi) is 5.16. The molecule has 0 spiro atoms. The van der Waals surface area contributed by atoms with Crippen LogP contribution in [0.2, 0.25) is 0 Å². The van der Waals surface area contributed by atoms with E-state index in [1.54, 1.807) is 6.07 Å². The standard InChI is InChI=1S/C15H23FN2O/c1-2-7-17-11-12-3-4-15(14(16)10-12)18-8-5-13(19)6-9-18/h3-4,10,13,17,19H,2,5-9,11H2,1H3. The molecule has 3 nitrogen and oxygen atoms in total. The lowest BCUT2D eigenvalue weighted by molar-refractivity contribution is 0.145. The third kappa shape index (κ3) is 3.91. The van der Waals surface area contributed by atoms with Crippen molar-refractivity contribution in [1.82, 2.24) is 5.32 Å². The maximum absolute atomic E-state index is 14.1. The molecular formula is C15H23FN2O. The van der Waals surface area contributed by atoms with E-state index < -0.39 is 0 Å². The predicted molar refractivity (Wildman–Crippen MR) is 75.9 cm³/mol. The summed E-state index contributed by atoms with van der Waals surface area (Å²) in [6.07, 6.45) is 2.30. The van der Waals surface area contributed by atoms with Crippen molar-refractivity contribution in [2.45, 2.75) is 38.8 Å². The molecule has 1 aromatic carbocycles. The monoisotopic (exact) mass is 266 g/mol. The number of rotatable bonds is 5. The fraction of sp³-hybridized carbons (Fsp3) is 0.600. The average Bonchev–Trinajstić information content (AvgIpc) is 2.41. The fourth-order valence-corrected chi connectivity index (χ4v) is 2.43. The molecule has 0 radical (unpaired) electrons. The molecule has 0 unspecified atom stereocenters. The van der Waals surface area contributed by atoms with Gasteiger partial charge >= 0.3 is 0 Å². The van der Waals surface area contributed by atoms with E-state index in [1.165, 1.54) is 0 Å². The highest BCUT2D eigenvalue weighted by molar-refractivity contribution is 5.49. The topological polar surface area (TPSA) is 35.5 Å². The summed E-state index contributed by atoms with van der Waals surface area (Å²) in [4.78, 5) is 2.02. The van der Waals surface area contributed by atoms with Crippen molar-refractivity contribution in [3.8, 4) is 0 Å². The van der Waals surface area contributed by atoms with Crippen molar-refractivity contribution in [2.75, 3.05) is 24.5 Å². The zero-order valence-corrected chi connectivity index (χ0v) is 11.5. The summed E-state index contributed by atoms with van der Waals surface area (Å²) in [7, 11) is 0. The van der Waals surface area contributed by atoms with Crippen LogP contribution in [0, 0.1) is 5.82 Å². The summed E-state index contributed by atoms with van der Waals surface area (Å²) in [5.41, 5.74) is 1.64. The maximum Gasteiger partial charge on any atom is 0.146 e. The van der Waals surface area contributed by atoms with Crippen LogP contribution < -0.4 is 10.2 Å². The minimum absolute atomic E-state index is 0.160. The number of hydrogen-bond donors (Lipinski definition) is 2. The van der Waals surface area contributed by atoms with Gasteiger partial charge in [-0.05, 0) is 43.5 Å². The molecule has 1 aromatic rings. The number of halogens is 1. The lowest BCUT2D eigenvalue weighted by atomic mass is 10.1. The summed E-state index contributed by atoms with van der Waals surface area (Å²) < 4.78 is 14.1. The van der Waals surface area contributed by atoms with E-state index in [1.807, 2.05) is 17.0 Å². The van der Waals surface area contributed by atoms with E-state index in [0.717, 1.165) is 44.5 Å². The van der Waals surface area contributed by atoms with E-state index in [2.05, 4.69) is 12.2 Å². The Morgan fingerprint density at radius 2 is 2.11 bits per heavy atom. The van der Waals surface area contributed by atoms with Gasteiger partial charge in [-0.2, -0.15) is 0 Å². The van der Waals surface area contributed by atoms with Crippen molar-refractivity contribution in [2.24, 2.45) is 0 Å². The minimum Gasteiger partial charge on any atom is -0.393 e. The molecule has 0 bridgehead atoms. The molecule has 4 heteroatoms. The van der Waals surface area contributed by atoms with Crippen LogP contribution in [0.15, 0.2) is 18.2 Å². The Morgan fingerprint density at radius 3 is 2.74 bits per heavy atom. The molecule has 106 valence electrons. The number of anilines is 1. The minimum atomic E-state index is -0.225. The molecule has 0 aromatic heterocycles. The number of nitrogens with zero attached hydrogens (tertiary/aromatic N) is 1. The second kappa shape index (κ2) is 6.87. The Bertz CT molecular complexity index is 403. The Morgan fingerprint density at radius 1 is 1.37 bits per heavy atom. The summed E-state index contributed by atoms with van der Waals surface area (Å²) in [5.74, 6) is -0.160. The van der Waals surface area contributed by atoms with Crippen LogP contribution >= 0.6 is 0 Å².